The van der Waals surface area contributed by atoms with Crippen molar-refractivity contribution in [1.82, 2.24) is 0 Å². The lowest BCUT2D eigenvalue weighted by Gasteiger charge is -2.10. The molecular weight excluding hydrogens is 180 g/mol. The van der Waals surface area contributed by atoms with Crippen LogP contribution < -0.4 is 0 Å². The monoisotopic (exact) mass is 202 g/mol. The molecule has 1 unspecified atom stereocenters. The third-order valence-electron chi connectivity index (χ3n) is 1.59. The summed E-state index contributed by atoms with van der Waals surface area (Å²) in [6.07, 6.45) is 1.64. The van der Waals surface area contributed by atoms with Crippen LogP contribution in [0.4, 0.5) is 0 Å². The fraction of sp³-hybridized carbons (Fsp3) is 0.727. The number of hydrogen-bond donors (Lipinski definition) is 2. The molecule has 0 aliphatic rings. The van der Waals surface area contributed by atoms with Crippen LogP contribution in [0.1, 0.15) is 40.5 Å². The first-order valence-corrected chi connectivity index (χ1v) is 4.80. The second-order valence-electron chi connectivity index (χ2n) is 3.85. The molecule has 1 atom stereocenters. The number of carbonyl (C=O) groups is 1. The van der Waals surface area contributed by atoms with E-state index in [1.54, 1.807) is 0 Å². The number of aliphatic hydroxyl groups is 1. The fourth-order valence-electron chi connectivity index (χ4n) is 0.738. The molecule has 0 aromatic rings. The molecule has 3 nitrogen and oxygen atoms in total. The second-order valence-corrected chi connectivity index (χ2v) is 3.85. The Morgan fingerprint density at radius 3 is 1.86 bits per heavy atom. The molecule has 2 N–H and O–H groups in total. The molecule has 0 saturated carbocycles. The SMILES string of the molecule is C=C(C)C(O)CCC(C)C.CC(=O)O. The zero-order chi connectivity index (χ0) is 11.7. The van der Waals surface area contributed by atoms with Crippen molar-refractivity contribution in [3.05, 3.63) is 12.2 Å². The van der Waals surface area contributed by atoms with Gasteiger partial charge in [0, 0.05) is 6.92 Å². The van der Waals surface area contributed by atoms with Gasteiger partial charge in [-0.2, -0.15) is 0 Å². The molecule has 0 rings (SSSR count). The van der Waals surface area contributed by atoms with Crippen LogP contribution in [0.2, 0.25) is 0 Å². The molecule has 0 aliphatic heterocycles. The van der Waals surface area contributed by atoms with Crippen molar-refractivity contribution < 1.29 is 15.0 Å². The van der Waals surface area contributed by atoms with Gasteiger partial charge in [0.15, 0.2) is 0 Å². The number of aliphatic hydroxyl groups excluding tert-OH is 1. The maximum Gasteiger partial charge on any atom is 0.300 e. The molecule has 0 bridgehead atoms. The molecule has 0 aliphatic carbocycles. The minimum absolute atomic E-state index is 0.289. The highest BCUT2D eigenvalue weighted by molar-refractivity contribution is 5.62. The Morgan fingerprint density at radius 1 is 1.29 bits per heavy atom. The zero-order valence-electron chi connectivity index (χ0n) is 9.58. The van der Waals surface area contributed by atoms with Crippen LogP contribution in [0.15, 0.2) is 12.2 Å². The van der Waals surface area contributed by atoms with Crippen LogP contribution in [0, 0.1) is 5.92 Å². The van der Waals surface area contributed by atoms with Crippen LogP contribution in [-0.4, -0.2) is 22.3 Å². The average Bonchev–Trinajstić information content (AvgIpc) is 1.98. The van der Waals surface area contributed by atoms with Crippen LogP contribution in [0.25, 0.3) is 0 Å². The second kappa shape index (κ2) is 8.75. The average molecular weight is 202 g/mol. The highest BCUT2D eigenvalue weighted by atomic mass is 16.4. The van der Waals surface area contributed by atoms with E-state index >= 15 is 0 Å². The van der Waals surface area contributed by atoms with Crippen molar-refractivity contribution in [2.75, 3.05) is 0 Å². The molecule has 0 heterocycles. The van der Waals surface area contributed by atoms with Gasteiger partial charge < -0.3 is 10.2 Å². The molecular formula is C11H22O3. The predicted molar refractivity (Wildman–Crippen MR) is 58.2 cm³/mol. The third kappa shape index (κ3) is 17.3. The normalized spacial score (nSPS) is 11.6. The van der Waals surface area contributed by atoms with E-state index in [2.05, 4.69) is 20.4 Å². The summed E-state index contributed by atoms with van der Waals surface area (Å²) in [5.74, 6) is -0.158. The quantitative estimate of drug-likeness (QED) is 0.688. The van der Waals surface area contributed by atoms with Crippen molar-refractivity contribution in [1.29, 1.82) is 0 Å². The molecule has 0 aromatic carbocycles. The number of aliphatic carboxylic acids is 1. The Hall–Kier alpha value is -0.830. The molecule has 0 fully saturated rings. The minimum Gasteiger partial charge on any atom is -0.481 e. The number of hydrogen-bond acceptors (Lipinski definition) is 2. The molecule has 0 saturated heterocycles. The van der Waals surface area contributed by atoms with Gasteiger partial charge in [-0.1, -0.05) is 26.0 Å². The van der Waals surface area contributed by atoms with E-state index in [1.165, 1.54) is 0 Å². The molecule has 0 spiro atoms. The predicted octanol–water partition coefficient (Wildman–Crippen LogP) is 2.45. The lowest BCUT2D eigenvalue weighted by molar-refractivity contribution is -0.134. The van der Waals surface area contributed by atoms with E-state index in [-0.39, 0.29) is 6.10 Å². The smallest absolute Gasteiger partial charge is 0.300 e. The first-order valence-electron chi connectivity index (χ1n) is 4.80. The van der Waals surface area contributed by atoms with Gasteiger partial charge in [-0.15, -0.1) is 0 Å². The van der Waals surface area contributed by atoms with E-state index < -0.39 is 5.97 Å². The fourth-order valence-corrected chi connectivity index (χ4v) is 0.738. The molecule has 14 heavy (non-hydrogen) atoms. The standard InChI is InChI=1S/C9H18O.C2H4O2/c1-7(2)5-6-9(10)8(3)4;1-2(3)4/h7,9-10H,3,5-6H2,1-2,4H3;1H3,(H,3,4). The summed E-state index contributed by atoms with van der Waals surface area (Å²) in [6, 6.07) is 0. The Balaban J connectivity index is 0. The van der Waals surface area contributed by atoms with E-state index in [0.717, 1.165) is 25.3 Å². The van der Waals surface area contributed by atoms with Crippen molar-refractivity contribution in [3.63, 3.8) is 0 Å². The van der Waals surface area contributed by atoms with Gasteiger partial charge in [0.25, 0.3) is 5.97 Å². The number of carboxylic acid groups (broad SMARTS) is 1. The van der Waals surface area contributed by atoms with Gasteiger partial charge in [0.1, 0.15) is 0 Å². The van der Waals surface area contributed by atoms with E-state index in [4.69, 9.17) is 9.90 Å². The lowest BCUT2D eigenvalue weighted by atomic mass is 10.0. The maximum absolute atomic E-state index is 9.28. The van der Waals surface area contributed by atoms with Crippen molar-refractivity contribution >= 4 is 5.97 Å². The summed E-state index contributed by atoms with van der Waals surface area (Å²) >= 11 is 0. The third-order valence-corrected chi connectivity index (χ3v) is 1.59. The van der Waals surface area contributed by atoms with E-state index in [0.29, 0.717) is 5.92 Å². The Labute approximate surface area is 86.5 Å². The molecule has 0 amide bonds. The topological polar surface area (TPSA) is 57.5 Å². The number of carboxylic acids is 1. The van der Waals surface area contributed by atoms with E-state index in [1.807, 2.05) is 6.92 Å². The van der Waals surface area contributed by atoms with Gasteiger partial charge in [0.2, 0.25) is 0 Å². The summed E-state index contributed by atoms with van der Waals surface area (Å²) in [7, 11) is 0. The molecule has 84 valence electrons. The van der Waals surface area contributed by atoms with Crippen molar-refractivity contribution in [2.24, 2.45) is 5.92 Å². The first-order chi connectivity index (χ1) is 6.27. The van der Waals surface area contributed by atoms with Crippen LogP contribution in [0.5, 0.6) is 0 Å². The Kier molecular flexibility index (Phi) is 9.78. The van der Waals surface area contributed by atoms with Crippen molar-refractivity contribution in [2.45, 2.75) is 46.6 Å². The lowest BCUT2D eigenvalue weighted by Crippen LogP contribution is -2.08. The van der Waals surface area contributed by atoms with Gasteiger partial charge in [-0.3, -0.25) is 4.79 Å². The highest BCUT2D eigenvalue weighted by Gasteiger charge is 2.04. The summed E-state index contributed by atoms with van der Waals surface area (Å²) < 4.78 is 0. The maximum atomic E-state index is 9.28. The Bertz CT molecular complexity index is 169. The van der Waals surface area contributed by atoms with Crippen molar-refractivity contribution in [3.8, 4) is 0 Å². The van der Waals surface area contributed by atoms with Gasteiger partial charge in [-0.05, 0) is 25.7 Å². The van der Waals surface area contributed by atoms with E-state index in [9.17, 15) is 5.11 Å². The van der Waals surface area contributed by atoms with Gasteiger partial charge in [-0.25, -0.2) is 0 Å². The van der Waals surface area contributed by atoms with Gasteiger partial charge >= 0.3 is 0 Å². The summed E-state index contributed by atoms with van der Waals surface area (Å²) in [5, 5.41) is 16.7. The summed E-state index contributed by atoms with van der Waals surface area (Å²) in [6.45, 7) is 10.9. The number of rotatable bonds is 4. The zero-order valence-corrected chi connectivity index (χ0v) is 9.58. The summed E-state index contributed by atoms with van der Waals surface area (Å²) in [5.41, 5.74) is 0.876. The van der Waals surface area contributed by atoms with Crippen LogP contribution in [0.3, 0.4) is 0 Å². The first kappa shape index (κ1) is 15.6. The van der Waals surface area contributed by atoms with Gasteiger partial charge in [0.05, 0.1) is 6.10 Å². The minimum atomic E-state index is -0.833. The van der Waals surface area contributed by atoms with Crippen LogP contribution >= 0.6 is 0 Å². The molecule has 0 aromatic heterocycles. The molecule has 0 radical (unpaired) electrons. The molecule has 3 heteroatoms. The highest BCUT2D eigenvalue weighted by Crippen LogP contribution is 2.10. The summed E-state index contributed by atoms with van der Waals surface area (Å²) in [4.78, 5) is 9.00. The largest absolute Gasteiger partial charge is 0.481 e. The Morgan fingerprint density at radius 2 is 1.64 bits per heavy atom. The van der Waals surface area contributed by atoms with Crippen LogP contribution in [-0.2, 0) is 4.79 Å².